The fourth-order valence-electron chi connectivity index (χ4n) is 2.49. The molecule has 1 aromatic heterocycles. The monoisotopic (exact) mass is 287 g/mol. The van der Waals surface area contributed by atoms with E-state index in [9.17, 15) is 0 Å². The molecule has 0 spiro atoms. The first kappa shape index (κ1) is 13.9. The standard InChI is InChI=1S/C15H21N5O/c1-19-11-13(17-18-19)12-21-15-5-2-4-14(10-15)20-8-3-6-16-7-9-20/h2,4-5,10-11,16H,3,6-9,12H2,1H3. The third kappa shape index (κ3) is 3.72. The number of rotatable bonds is 4. The summed E-state index contributed by atoms with van der Waals surface area (Å²) in [7, 11) is 1.85. The van der Waals surface area contributed by atoms with Crippen LogP contribution in [0.25, 0.3) is 0 Å². The quantitative estimate of drug-likeness (QED) is 0.915. The molecule has 0 saturated carbocycles. The van der Waals surface area contributed by atoms with Crippen LogP contribution in [0.5, 0.6) is 5.75 Å². The molecule has 21 heavy (non-hydrogen) atoms. The maximum atomic E-state index is 5.81. The van der Waals surface area contributed by atoms with E-state index in [0.29, 0.717) is 6.61 Å². The highest BCUT2D eigenvalue weighted by Crippen LogP contribution is 2.22. The van der Waals surface area contributed by atoms with Gasteiger partial charge in [0.05, 0.1) is 6.20 Å². The van der Waals surface area contributed by atoms with Crippen LogP contribution in [0.15, 0.2) is 30.5 Å². The summed E-state index contributed by atoms with van der Waals surface area (Å²) in [6.45, 7) is 4.69. The average Bonchev–Trinajstić information content (AvgIpc) is 2.76. The summed E-state index contributed by atoms with van der Waals surface area (Å²) in [6.07, 6.45) is 3.04. The van der Waals surface area contributed by atoms with Crippen molar-refractivity contribution < 1.29 is 4.74 Å². The Labute approximate surface area is 124 Å². The summed E-state index contributed by atoms with van der Waals surface area (Å²) >= 11 is 0. The van der Waals surface area contributed by atoms with E-state index in [4.69, 9.17) is 4.74 Å². The van der Waals surface area contributed by atoms with Crippen molar-refractivity contribution >= 4 is 5.69 Å². The lowest BCUT2D eigenvalue weighted by Crippen LogP contribution is -2.27. The van der Waals surface area contributed by atoms with Gasteiger partial charge in [0.2, 0.25) is 0 Å². The highest BCUT2D eigenvalue weighted by Gasteiger charge is 2.10. The van der Waals surface area contributed by atoms with Crippen molar-refractivity contribution in [1.82, 2.24) is 20.3 Å². The molecule has 0 bridgehead atoms. The van der Waals surface area contributed by atoms with Gasteiger partial charge in [0.15, 0.2) is 0 Å². The summed E-state index contributed by atoms with van der Waals surface area (Å²) in [5, 5.41) is 11.3. The number of anilines is 1. The molecule has 6 heteroatoms. The lowest BCUT2D eigenvalue weighted by Gasteiger charge is -2.22. The van der Waals surface area contributed by atoms with Crippen molar-refractivity contribution in [3.63, 3.8) is 0 Å². The number of hydrogen-bond acceptors (Lipinski definition) is 5. The minimum Gasteiger partial charge on any atom is -0.487 e. The fourth-order valence-corrected chi connectivity index (χ4v) is 2.49. The van der Waals surface area contributed by atoms with Crippen LogP contribution in [-0.2, 0) is 13.7 Å². The predicted molar refractivity (Wildman–Crippen MR) is 81.5 cm³/mol. The topological polar surface area (TPSA) is 55.2 Å². The largest absolute Gasteiger partial charge is 0.487 e. The molecule has 1 aliphatic heterocycles. The highest BCUT2D eigenvalue weighted by molar-refractivity contribution is 5.50. The number of benzene rings is 1. The minimum absolute atomic E-state index is 0.443. The van der Waals surface area contributed by atoms with Crippen LogP contribution < -0.4 is 15.0 Å². The third-order valence-electron chi connectivity index (χ3n) is 3.56. The van der Waals surface area contributed by atoms with Gasteiger partial charge in [-0.05, 0) is 25.1 Å². The van der Waals surface area contributed by atoms with Crippen molar-refractivity contribution in [2.75, 3.05) is 31.1 Å². The predicted octanol–water partition coefficient (Wildman–Crippen LogP) is 1.19. The molecule has 1 fully saturated rings. The lowest BCUT2D eigenvalue weighted by molar-refractivity contribution is 0.301. The number of nitrogens with one attached hydrogen (secondary N) is 1. The molecule has 0 aliphatic carbocycles. The van der Waals surface area contributed by atoms with Gasteiger partial charge in [-0.25, -0.2) is 0 Å². The number of aryl methyl sites for hydroxylation is 1. The Morgan fingerprint density at radius 3 is 3.10 bits per heavy atom. The fraction of sp³-hybridized carbons (Fsp3) is 0.467. The summed E-state index contributed by atoms with van der Waals surface area (Å²) in [6, 6.07) is 8.26. The Morgan fingerprint density at radius 1 is 1.29 bits per heavy atom. The lowest BCUT2D eigenvalue weighted by atomic mass is 10.2. The highest BCUT2D eigenvalue weighted by atomic mass is 16.5. The number of aromatic nitrogens is 3. The first-order chi connectivity index (χ1) is 10.3. The number of ether oxygens (including phenoxy) is 1. The molecule has 1 aromatic carbocycles. The van der Waals surface area contributed by atoms with Gasteiger partial charge >= 0.3 is 0 Å². The van der Waals surface area contributed by atoms with Crippen molar-refractivity contribution in [2.24, 2.45) is 7.05 Å². The maximum absolute atomic E-state index is 5.81. The smallest absolute Gasteiger partial charge is 0.134 e. The summed E-state index contributed by atoms with van der Waals surface area (Å²) in [4.78, 5) is 2.40. The van der Waals surface area contributed by atoms with Gasteiger partial charge in [-0.1, -0.05) is 11.3 Å². The maximum Gasteiger partial charge on any atom is 0.134 e. The van der Waals surface area contributed by atoms with Gasteiger partial charge in [-0.2, -0.15) is 0 Å². The number of hydrogen-bond donors (Lipinski definition) is 1. The second kappa shape index (κ2) is 6.58. The zero-order valence-corrected chi connectivity index (χ0v) is 12.3. The Hall–Kier alpha value is -2.08. The first-order valence-electron chi connectivity index (χ1n) is 7.35. The van der Waals surface area contributed by atoms with E-state index in [2.05, 4.69) is 32.7 Å². The molecular formula is C15H21N5O. The molecular weight excluding hydrogens is 266 g/mol. The van der Waals surface area contributed by atoms with Gasteiger partial charge in [-0.3, -0.25) is 4.68 Å². The van der Waals surface area contributed by atoms with Crippen molar-refractivity contribution in [2.45, 2.75) is 13.0 Å². The van der Waals surface area contributed by atoms with Crippen molar-refractivity contribution in [1.29, 1.82) is 0 Å². The average molecular weight is 287 g/mol. The van der Waals surface area contributed by atoms with E-state index >= 15 is 0 Å². The van der Waals surface area contributed by atoms with E-state index in [-0.39, 0.29) is 0 Å². The Morgan fingerprint density at radius 2 is 2.24 bits per heavy atom. The molecule has 2 heterocycles. The molecule has 2 aromatic rings. The Kier molecular flexibility index (Phi) is 4.35. The van der Waals surface area contributed by atoms with E-state index < -0.39 is 0 Å². The van der Waals surface area contributed by atoms with E-state index in [0.717, 1.165) is 37.6 Å². The molecule has 0 radical (unpaired) electrons. The van der Waals surface area contributed by atoms with Crippen LogP contribution in [0, 0.1) is 0 Å². The second-order valence-electron chi connectivity index (χ2n) is 5.26. The molecule has 6 nitrogen and oxygen atoms in total. The third-order valence-corrected chi connectivity index (χ3v) is 3.56. The molecule has 1 N–H and O–H groups in total. The van der Waals surface area contributed by atoms with E-state index in [1.807, 2.05) is 25.4 Å². The molecule has 1 saturated heterocycles. The zero-order valence-electron chi connectivity index (χ0n) is 12.3. The minimum atomic E-state index is 0.443. The zero-order chi connectivity index (χ0) is 14.5. The molecule has 3 rings (SSSR count). The van der Waals surface area contributed by atoms with Crippen LogP contribution in [0.1, 0.15) is 12.1 Å². The molecule has 0 atom stereocenters. The summed E-state index contributed by atoms with van der Waals surface area (Å²) in [5.74, 6) is 0.871. The van der Waals surface area contributed by atoms with Crippen LogP contribution in [0.3, 0.4) is 0 Å². The van der Waals surface area contributed by atoms with E-state index in [1.165, 1.54) is 12.1 Å². The van der Waals surface area contributed by atoms with Crippen LogP contribution in [-0.4, -0.2) is 41.2 Å². The van der Waals surface area contributed by atoms with Gasteiger partial charge in [0.25, 0.3) is 0 Å². The summed E-state index contributed by atoms with van der Waals surface area (Å²) in [5.41, 5.74) is 2.05. The summed E-state index contributed by atoms with van der Waals surface area (Å²) < 4.78 is 7.49. The molecule has 0 amide bonds. The van der Waals surface area contributed by atoms with Crippen molar-refractivity contribution in [3.8, 4) is 5.75 Å². The van der Waals surface area contributed by atoms with E-state index in [1.54, 1.807) is 4.68 Å². The first-order valence-corrected chi connectivity index (χ1v) is 7.35. The SMILES string of the molecule is Cn1cc(COc2cccc(N3CCCNCC3)c2)nn1. The molecule has 0 unspecified atom stereocenters. The van der Waals surface area contributed by atoms with Gasteiger partial charge in [0, 0.05) is 38.4 Å². The van der Waals surface area contributed by atoms with Gasteiger partial charge < -0.3 is 15.0 Å². The van der Waals surface area contributed by atoms with Gasteiger partial charge in [-0.15, -0.1) is 5.10 Å². The molecule has 1 aliphatic rings. The van der Waals surface area contributed by atoms with Crippen LogP contribution in [0.2, 0.25) is 0 Å². The van der Waals surface area contributed by atoms with Gasteiger partial charge in [0.1, 0.15) is 18.1 Å². The second-order valence-corrected chi connectivity index (χ2v) is 5.26. The Balaban J connectivity index is 1.64. The van der Waals surface area contributed by atoms with Crippen molar-refractivity contribution in [3.05, 3.63) is 36.2 Å². The number of nitrogens with zero attached hydrogens (tertiary/aromatic N) is 4. The normalized spacial score (nSPS) is 15.8. The van der Waals surface area contributed by atoms with Crippen LogP contribution >= 0.6 is 0 Å². The molecule has 112 valence electrons. The Bertz CT molecular complexity index is 575. The van der Waals surface area contributed by atoms with Crippen LogP contribution in [0.4, 0.5) is 5.69 Å².